The predicted molar refractivity (Wildman–Crippen MR) is 353 cm³/mol. The summed E-state index contributed by atoms with van der Waals surface area (Å²) in [6.07, 6.45) is 79.6. The number of hydrogen-bond donors (Lipinski definition) is 0. The number of aliphatic carboxylic acids is 1. The number of carbonyl (C=O) groups is 3. The number of esters is 2. The standard InChI is InChI=1S/C74H139NO8/c1-6-8-10-12-14-16-18-20-22-24-26-28-30-31-32-33-34-35-36-37-38-39-40-41-43-44-46-48-50-52-54-56-58-60-62-64-71(76)81-68-70(69-82-74(73(78)79)80-67-66-75(3,4)5)83-72(77)65-63-61-59-57-55-53-51-49-47-45-42-29-27-25-23-21-19-17-15-13-11-9-7-2/h19,21,24-27,70,74H,6-18,20,22-23,28-69H2,1-5H3/b21-19-,26-24-,27-25-. The van der Waals surface area contributed by atoms with Gasteiger partial charge in [0, 0.05) is 12.8 Å². The lowest BCUT2D eigenvalue weighted by atomic mass is 10.0. The molecule has 0 rings (SSSR count). The summed E-state index contributed by atoms with van der Waals surface area (Å²) < 4.78 is 22.8. The molecule has 0 amide bonds. The van der Waals surface area contributed by atoms with Crippen LogP contribution in [0.5, 0.6) is 0 Å². The highest BCUT2D eigenvalue weighted by molar-refractivity contribution is 5.70. The zero-order chi connectivity index (χ0) is 60.5. The number of quaternary nitrogens is 1. The fourth-order valence-corrected chi connectivity index (χ4v) is 10.8. The Balaban J connectivity index is 4.01. The van der Waals surface area contributed by atoms with Crippen LogP contribution in [0.4, 0.5) is 0 Å². The lowest BCUT2D eigenvalue weighted by Crippen LogP contribution is -2.44. The molecule has 83 heavy (non-hydrogen) atoms. The molecule has 0 N–H and O–H groups in total. The van der Waals surface area contributed by atoms with Gasteiger partial charge in [0.15, 0.2) is 12.4 Å². The number of carboxylic acid groups (broad SMARTS) is 1. The van der Waals surface area contributed by atoms with Gasteiger partial charge in [-0.25, -0.2) is 0 Å². The summed E-state index contributed by atoms with van der Waals surface area (Å²) in [6.45, 7) is 4.80. The molecule has 0 saturated heterocycles. The molecule has 488 valence electrons. The van der Waals surface area contributed by atoms with Crippen LogP contribution in [0.1, 0.15) is 361 Å². The quantitative estimate of drug-likeness (QED) is 0.0195. The number of nitrogens with zero attached hydrogens (tertiary/aromatic N) is 1. The van der Waals surface area contributed by atoms with Crippen LogP contribution in [-0.2, 0) is 33.3 Å². The SMILES string of the molecule is CCCCCCC/C=C\C/C=C\CCCCCCCCCCCCCC(=O)OC(COC(=O)CCCCCCCCCCCCCCCCCCCCCCCCC/C=C\CCCCCCCCCC)COC(OCC[N+](C)(C)C)C(=O)[O-]. The van der Waals surface area contributed by atoms with E-state index in [-0.39, 0.29) is 32.2 Å². The highest BCUT2D eigenvalue weighted by Crippen LogP contribution is 2.19. The third-order valence-electron chi connectivity index (χ3n) is 16.4. The van der Waals surface area contributed by atoms with Crippen molar-refractivity contribution >= 4 is 17.9 Å². The number of unbranched alkanes of at least 4 members (excludes halogenated alkanes) is 47. The molecule has 0 saturated carbocycles. The summed E-state index contributed by atoms with van der Waals surface area (Å²) in [5.41, 5.74) is 0. The van der Waals surface area contributed by atoms with Crippen LogP contribution in [0.3, 0.4) is 0 Å². The van der Waals surface area contributed by atoms with Crippen molar-refractivity contribution in [3.8, 4) is 0 Å². The lowest BCUT2D eigenvalue weighted by Gasteiger charge is -2.26. The number of carboxylic acids is 1. The maximum Gasteiger partial charge on any atom is 0.306 e. The molecule has 0 radical (unpaired) electrons. The van der Waals surface area contributed by atoms with E-state index in [2.05, 4.69) is 50.3 Å². The number of carbonyl (C=O) groups excluding carboxylic acids is 3. The molecule has 2 unspecified atom stereocenters. The minimum Gasteiger partial charge on any atom is -0.545 e. The van der Waals surface area contributed by atoms with E-state index < -0.39 is 24.3 Å². The van der Waals surface area contributed by atoms with Crippen molar-refractivity contribution in [2.75, 3.05) is 47.5 Å². The lowest BCUT2D eigenvalue weighted by molar-refractivity contribution is -0.870. The normalized spacial score (nSPS) is 12.8. The van der Waals surface area contributed by atoms with E-state index in [1.54, 1.807) is 0 Å². The summed E-state index contributed by atoms with van der Waals surface area (Å²) in [4.78, 5) is 37.5. The zero-order valence-corrected chi connectivity index (χ0v) is 55.8. The van der Waals surface area contributed by atoms with Crippen LogP contribution in [0.2, 0.25) is 0 Å². The molecule has 0 aliphatic carbocycles. The van der Waals surface area contributed by atoms with E-state index in [9.17, 15) is 19.5 Å². The van der Waals surface area contributed by atoms with Gasteiger partial charge in [-0.2, -0.15) is 0 Å². The minimum absolute atomic E-state index is 0.149. The Hall–Kier alpha value is -2.49. The van der Waals surface area contributed by atoms with Crippen LogP contribution in [0, 0.1) is 0 Å². The van der Waals surface area contributed by atoms with E-state index in [0.29, 0.717) is 23.9 Å². The van der Waals surface area contributed by atoms with Crippen molar-refractivity contribution in [2.24, 2.45) is 0 Å². The third-order valence-corrected chi connectivity index (χ3v) is 16.4. The van der Waals surface area contributed by atoms with Crippen molar-refractivity contribution in [1.29, 1.82) is 0 Å². The number of likely N-dealkylation sites (N-methyl/N-ethyl adjacent to an activating group) is 1. The number of rotatable bonds is 68. The molecular weight excluding hydrogens is 1030 g/mol. The predicted octanol–water partition coefficient (Wildman–Crippen LogP) is 21.0. The second-order valence-electron chi connectivity index (χ2n) is 25.9. The Morgan fingerprint density at radius 2 is 0.651 bits per heavy atom. The van der Waals surface area contributed by atoms with Crippen LogP contribution in [-0.4, -0.2) is 82.3 Å². The summed E-state index contributed by atoms with van der Waals surface area (Å²) in [5.74, 6) is -2.26. The molecule has 0 aliphatic heterocycles. The molecule has 0 aromatic carbocycles. The molecule has 0 aromatic rings. The largest absolute Gasteiger partial charge is 0.545 e. The first kappa shape index (κ1) is 80.5. The van der Waals surface area contributed by atoms with Crippen molar-refractivity contribution in [3.63, 3.8) is 0 Å². The van der Waals surface area contributed by atoms with E-state index in [0.717, 1.165) is 44.9 Å². The highest BCUT2D eigenvalue weighted by Gasteiger charge is 2.22. The van der Waals surface area contributed by atoms with Crippen LogP contribution < -0.4 is 5.11 Å². The number of ether oxygens (including phenoxy) is 4. The van der Waals surface area contributed by atoms with Gasteiger partial charge in [-0.1, -0.05) is 314 Å². The first-order valence-electron chi connectivity index (χ1n) is 36.1. The van der Waals surface area contributed by atoms with Gasteiger partial charge in [0.05, 0.1) is 40.3 Å². The van der Waals surface area contributed by atoms with Crippen molar-refractivity contribution in [2.45, 2.75) is 373 Å². The molecule has 0 aliphatic rings. The number of allylic oxidation sites excluding steroid dienone is 6. The van der Waals surface area contributed by atoms with E-state index in [1.165, 1.54) is 283 Å². The first-order chi connectivity index (χ1) is 40.6. The van der Waals surface area contributed by atoms with Gasteiger partial charge in [0.2, 0.25) is 0 Å². The molecule has 0 aromatic heterocycles. The van der Waals surface area contributed by atoms with Gasteiger partial charge in [-0.15, -0.1) is 0 Å². The summed E-state index contributed by atoms with van der Waals surface area (Å²) >= 11 is 0. The van der Waals surface area contributed by atoms with Gasteiger partial charge in [-0.3, -0.25) is 9.59 Å². The zero-order valence-electron chi connectivity index (χ0n) is 55.8. The van der Waals surface area contributed by atoms with Crippen LogP contribution in [0.25, 0.3) is 0 Å². The van der Waals surface area contributed by atoms with Gasteiger partial charge < -0.3 is 33.3 Å². The van der Waals surface area contributed by atoms with Crippen molar-refractivity contribution in [3.05, 3.63) is 36.5 Å². The van der Waals surface area contributed by atoms with E-state index in [4.69, 9.17) is 18.9 Å². The Morgan fingerprint density at radius 1 is 0.361 bits per heavy atom. The minimum atomic E-state index is -1.62. The van der Waals surface area contributed by atoms with E-state index >= 15 is 0 Å². The molecule has 0 heterocycles. The average Bonchev–Trinajstić information content (AvgIpc) is 3.46. The Labute approximate surface area is 515 Å². The molecular formula is C74H139NO8. The first-order valence-corrected chi connectivity index (χ1v) is 36.1. The maximum absolute atomic E-state index is 12.9. The maximum atomic E-state index is 12.9. The fraction of sp³-hybridized carbons (Fsp3) is 0.878. The van der Waals surface area contributed by atoms with E-state index in [1.807, 2.05) is 21.1 Å². The molecule has 0 bridgehead atoms. The Bertz CT molecular complexity index is 1450. The smallest absolute Gasteiger partial charge is 0.306 e. The molecule has 2 atom stereocenters. The van der Waals surface area contributed by atoms with Gasteiger partial charge in [0.1, 0.15) is 13.2 Å². The van der Waals surface area contributed by atoms with Crippen molar-refractivity contribution in [1.82, 2.24) is 0 Å². The molecule has 0 fully saturated rings. The van der Waals surface area contributed by atoms with Crippen molar-refractivity contribution < 1.29 is 42.9 Å². The fourth-order valence-electron chi connectivity index (χ4n) is 10.8. The molecule has 0 spiro atoms. The van der Waals surface area contributed by atoms with Crippen LogP contribution >= 0.6 is 0 Å². The average molecular weight is 1170 g/mol. The third kappa shape index (κ3) is 66.9. The summed E-state index contributed by atoms with van der Waals surface area (Å²) in [6, 6.07) is 0. The molecule has 9 nitrogen and oxygen atoms in total. The van der Waals surface area contributed by atoms with Gasteiger partial charge >= 0.3 is 11.9 Å². The number of hydrogen-bond acceptors (Lipinski definition) is 8. The van der Waals surface area contributed by atoms with Gasteiger partial charge in [-0.05, 0) is 70.6 Å². The Morgan fingerprint density at radius 3 is 0.964 bits per heavy atom. The second-order valence-corrected chi connectivity index (χ2v) is 25.9. The highest BCUT2D eigenvalue weighted by atomic mass is 16.7. The van der Waals surface area contributed by atoms with Crippen LogP contribution in [0.15, 0.2) is 36.5 Å². The van der Waals surface area contributed by atoms with Gasteiger partial charge in [0.25, 0.3) is 0 Å². The second kappa shape index (κ2) is 65.5. The topological polar surface area (TPSA) is 111 Å². The molecule has 9 heteroatoms. The Kier molecular flexibility index (Phi) is 63.5. The summed E-state index contributed by atoms with van der Waals surface area (Å²) in [5, 5.41) is 11.8. The monoisotopic (exact) mass is 1170 g/mol. The summed E-state index contributed by atoms with van der Waals surface area (Å²) in [7, 11) is 5.94.